The number of hydrogen-bond acceptors (Lipinski definition) is 4. The Labute approximate surface area is 134 Å². The number of nitro benzene ring substituents is 1. The lowest BCUT2D eigenvalue weighted by molar-refractivity contribution is -0.384. The molecule has 1 aliphatic heterocycles. The van der Waals surface area contributed by atoms with E-state index in [1.165, 1.54) is 18.6 Å². The van der Waals surface area contributed by atoms with E-state index >= 15 is 0 Å². The number of carbonyl (C=O) groups is 1. The van der Waals surface area contributed by atoms with Gasteiger partial charge in [-0.25, -0.2) is 0 Å². The third kappa shape index (κ3) is 3.96. The molecule has 2 unspecified atom stereocenters. The summed E-state index contributed by atoms with van der Waals surface area (Å²) in [5, 5.41) is 13.6. The number of anilines is 1. The standard InChI is InChI=1S/C15H20ClN3O3/c1-10-4-3-5-11(2)18(10)9-15(20)17-12-6-7-13(16)14(8-12)19(21)22/h6-8,10-11H,3-5,9H2,1-2H3,(H,17,20). The molecule has 0 radical (unpaired) electrons. The highest BCUT2D eigenvalue weighted by Gasteiger charge is 2.26. The van der Waals surface area contributed by atoms with E-state index in [1.807, 2.05) is 0 Å². The lowest BCUT2D eigenvalue weighted by Gasteiger charge is -2.38. The van der Waals surface area contributed by atoms with Crippen LogP contribution in [0.25, 0.3) is 0 Å². The van der Waals surface area contributed by atoms with Crippen molar-refractivity contribution in [2.45, 2.75) is 45.2 Å². The van der Waals surface area contributed by atoms with E-state index in [2.05, 4.69) is 24.1 Å². The van der Waals surface area contributed by atoms with Gasteiger partial charge in [-0.3, -0.25) is 19.8 Å². The molecule has 1 heterocycles. The first-order valence-corrected chi connectivity index (χ1v) is 7.76. The van der Waals surface area contributed by atoms with Crippen molar-refractivity contribution in [3.63, 3.8) is 0 Å². The van der Waals surface area contributed by atoms with E-state index in [0.717, 1.165) is 12.8 Å². The molecule has 7 heteroatoms. The van der Waals surface area contributed by atoms with Crippen molar-refractivity contribution in [1.82, 2.24) is 4.90 Å². The zero-order valence-electron chi connectivity index (χ0n) is 12.7. The van der Waals surface area contributed by atoms with Gasteiger partial charge in [-0.2, -0.15) is 0 Å². The normalized spacial score (nSPS) is 22.3. The summed E-state index contributed by atoms with van der Waals surface area (Å²) in [5.41, 5.74) is 0.178. The van der Waals surface area contributed by atoms with Gasteiger partial charge in [0.1, 0.15) is 5.02 Å². The minimum atomic E-state index is -0.563. The number of carbonyl (C=O) groups excluding carboxylic acids is 1. The summed E-state index contributed by atoms with van der Waals surface area (Å²) in [6.07, 6.45) is 3.36. The maximum Gasteiger partial charge on any atom is 0.289 e. The number of hydrogen-bond donors (Lipinski definition) is 1. The first-order chi connectivity index (χ1) is 10.4. The number of nitrogens with zero attached hydrogens (tertiary/aromatic N) is 2. The fraction of sp³-hybridized carbons (Fsp3) is 0.533. The second-order valence-corrected chi connectivity index (χ2v) is 6.18. The van der Waals surface area contributed by atoms with E-state index in [0.29, 0.717) is 24.3 Å². The van der Waals surface area contributed by atoms with Crippen LogP contribution in [0.3, 0.4) is 0 Å². The molecule has 1 amide bonds. The van der Waals surface area contributed by atoms with Crippen LogP contribution in [0.1, 0.15) is 33.1 Å². The summed E-state index contributed by atoms with van der Waals surface area (Å²) in [4.78, 5) is 24.7. The summed E-state index contributed by atoms with van der Waals surface area (Å²) < 4.78 is 0. The summed E-state index contributed by atoms with van der Waals surface area (Å²) >= 11 is 5.76. The van der Waals surface area contributed by atoms with Gasteiger partial charge in [0.25, 0.3) is 5.69 Å². The minimum Gasteiger partial charge on any atom is -0.325 e. The first kappa shape index (κ1) is 16.7. The quantitative estimate of drug-likeness (QED) is 0.679. The van der Waals surface area contributed by atoms with Crippen LogP contribution in [0.15, 0.2) is 18.2 Å². The molecule has 120 valence electrons. The van der Waals surface area contributed by atoms with Crippen LogP contribution in [0.4, 0.5) is 11.4 Å². The van der Waals surface area contributed by atoms with Crippen molar-refractivity contribution in [3.8, 4) is 0 Å². The number of amides is 1. The van der Waals surface area contributed by atoms with Crippen molar-refractivity contribution in [2.75, 3.05) is 11.9 Å². The molecule has 6 nitrogen and oxygen atoms in total. The van der Waals surface area contributed by atoms with E-state index < -0.39 is 4.92 Å². The lowest BCUT2D eigenvalue weighted by Crippen LogP contribution is -2.47. The Morgan fingerprint density at radius 3 is 2.64 bits per heavy atom. The highest BCUT2D eigenvalue weighted by molar-refractivity contribution is 6.32. The molecule has 0 saturated carbocycles. The first-order valence-electron chi connectivity index (χ1n) is 7.38. The Balaban J connectivity index is 2.03. The van der Waals surface area contributed by atoms with Crippen LogP contribution >= 0.6 is 11.6 Å². The molecule has 0 bridgehead atoms. The summed E-state index contributed by atoms with van der Waals surface area (Å²) in [7, 11) is 0. The van der Waals surface area contributed by atoms with Crippen molar-refractivity contribution in [1.29, 1.82) is 0 Å². The number of likely N-dealkylation sites (tertiary alicyclic amines) is 1. The molecule has 22 heavy (non-hydrogen) atoms. The largest absolute Gasteiger partial charge is 0.325 e. The van der Waals surface area contributed by atoms with Gasteiger partial charge in [-0.05, 0) is 38.8 Å². The van der Waals surface area contributed by atoms with Crippen LogP contribution in [0, 0.1) is 10.1 Å². The van der Waals surface area contributed by atoms with Gasteiger partial charge in [-0.15, -0.1) is 0 Å². The Morgan fingerprint density at radius 1 is 1.41 bits per heavy atom. The van der Waals surface area contributed by atoms with Gasteiger partial charge < -0.3 is 5.32 Å². The van der Waals surface area contributed by atoms with Gasteiger partial charge >= 0.3 is 0 Å². The molecule has 0 aromatic heterocycles. The number of benzene rings is 1. The number of piperidine rings is 1. The van der Waals surface area contributed by atoms with Gasteiger partial charge in [0.15, 0.2) is 0 Å². The zero-order chi connectivity index (χ0) is 16.3. The molecule has 1 aromatic rings. The topological polar surface area (TPSA) is 75.5 Å². The van der Waals surface area contributed by atoms with Gasteiger partial charge in [-0.1, -0.05) is 18.0 Å². The number of halogens is 1. The second kappa shape index (κ2) is 7.07. The molecule has 1 saturated heterocycles. The summed E-state index contributed by atoms with van der Waals surface area (Å²) in [5.74, 6) is -0.169. The van der Waals surface area contributed by atoms with Crippen LogP contribution < -0.4 is 5.32 Å². The van der Waals surface area contributed by atoms with E-state index in [4.69, 9.17) is 11.6 Å². The third-order valence-corrected chi connectivity index (χ3v) is 4.45. The Morgan fingerprint density at radius 2 is 2.05 bits per heavy atom. The molecule has 1 N–H and O–H groups in total. The van der Waals surface area contributed by atoms with Gasteiger partial charge in [0, 0.05) is 23.8 Å². The van der Waals surface area contributed by atoms with Crippen LogP contribution in [0.2, 0.25) is 5.02 Å². The summed E-state index contributed by atoms with van der Waals surface area (Å²) in [6.45, 7) is 4.53. The molecule has 1 aromatic carbocycles. The maximum atomic E-state index is 12.2. The molecular weight excluding hydrogens is 306 g/mol. The summed E-state index contributed by atoms with van der Waals surface area (Å²) in [6, 6.07) is 5.00. The minimum absolute atomic E-state index is 0.0567. The maximum absolute atomic E-state index is 12.2. The highest BCUT2D eigenvalue weighted by Crippen LogP contribution is 2.27. The van der Waals surface area contributed by atoms with E-state index in [1.54, 1.807) is 6.07 Å². The third-order valence-electron chi connectivity index (χ3n) is 4.13. The van der Waals surface area contributed by atoms with Gasteiger partial charge in [0.05, 0.1) is 11.5 Å². The van der Waals surface area contributed by atoms with Crippen LogP contribution in [-0.4, -0.2) is 34.4 Å². The van der Waals surface area contributed by atoms with Crippen molar-refractivity contribution >= 4 is 28.9 Å². The number of nitro groups is 1. The Hall–Kier alpha value is -1.66. The number of rotatable bonds is 4. The molecule has 0 spiro atoms. The highest BCUT2D eigenvalue weighted by atomic mass is 35.5. The van der Waals surface area contributed by atoms with E-state index in [9.17, 15) is 14.9 Å². The average Bonchev–Trinajstić information content (AvgIpc) is 2.45. The molecule has 1 aliphatic rings. The fourth-order valence-corrected chi connectivity index (χ4v) is 3.07. The lowest BCUT2D eigenvalue weighted by atomic mass is 9.97. The molecule has 1 fully saturated rings. The molecule has 2 atom stereocenters. The zero-order valence-corrected chi connectivity index (χ0v) is 13.5. The molecule has 2 rings (SSSR count). The van der Waals surface area contributed by atoms with Crippen LogP contribution in [-0.2, 0) is 4.79 Å². The van der Waals surface area contributed by atoms with Gasteiger partial charge in [0.2, 0.25) is 5.91 Å². The molecule has 0 aliphatic carbocycles. The fourth-order valence-electron chi connectivity index (χ4n) is 2.88. The Bertz CT molecular complexity index is 569. The second-order valence-electron chi connectivity index (χ2n) is 5.77. The predicted octanol–water partition coefficient (Wildman–Crippen LogP) is 3.45. The van der Waals surface area contributed by atoms with Crippen molar-refractivity contribution in [2.24, 2.45) is 0 Å². The number of nitrogens with one attached hydrogen (secondary N) is 1. The Kier molecular flexibility index (Phi) is 5.37. The molecular formula is C15H20ClN3O3. The average molecular weight is 326 g/mol. The van der Waals surface area contributed by atoms with Crippen molar-refractivity contribution in [3.05, 3.63) is 33.3 Å². The predicted molar refractivity (Wildman–Crippen MR) is 86.2 cm³/mol. The SMILES string of the molecule is CC1CCCC(C)N1CC(=O)Nc1ccc(Cl)c([N+](=O)[O-])c1. The monoisotopic (exact) mass is 325 g/mol. The van der Waals surface area contributed by atoms with E-state index in [-0.39, 0.29) is 16.6 Å². The smallest absolute Gasteiger partial charge is 0.289 e. The van der Waals surface area contributed by atoms with Crippen LogP contribution in [0.5, 0.6) is 0 Å². The van der Waals surface area contributed by atoms with Crippen molar-refractivity contribution < 1.29 is 9.72 Å².